The third kappa shape index (κ3) is 1290. The van der Waals surface area contributed by atoms with Crippen LogP contribution in [0.2, 0.25) is 0 Å². The smallest absolute Gasteiger partial charge is 0.512 e. The molecule has 0 amide bonds. The van der Waals surface area contributed by atoms with Crippen molar-refractivity contribution >= 4 is 0 Å². The van der Waals surface area contributed by atoms with Gasteiger partial charge in [-0.25, -0.2) is 0 Å². The zero-order chi connectivity index (χ0) is 48.0. The van der Waals surface area contributed by atoms with Gasteiger partial charge >= 0.3 is 128 Å². The minimum absolute atomic E-state index is 0. The Hall–Kier alpha value is -8.25. The van der Waals surface area contributed by atoms with Crippen LogP contribution < -0.4 is 0 Å². The molecule has 0 aromatic rings. The van der Waals surface area contributed by atoms with Gasteiger partial charge in [-0.15, -0.1) is 0 Å². The molecule has 0 aliphatic carbocycles. The van der Waals surface area contributed by atoms with E-state index in [-0.39, 0.29) is 128 Å². The first-order valence-electron chi connectivity index (χ1n) is 5.37. The number of rotatable bonds is 0. The summed E-state index contributed by atoms with van der Waals surface area (Å²) in [6, 6.07) is 0. The summed E-state index contributed by atoms with van der Waals surface area (Å²) in [7, 11) is 0. The molecule has 4 radical (unpaired) electrons. The maximum Gasteiger partial charge on any atom is 4.00 e. The second kappa shape index (κ2) is 1340. The zero-order valence-corrected chi connectivity index (χ0v) is 37.2. The van der Waals surface area contributed by atoms with Gasteiger partial charge in [0.2, 0.25) is 0 Å². The molecule has 0 atom stereocenters. The van der Waals surface area contributed by atoms with Crippen LogP contribution in [0.5, 0.6) is 0 Å². The predicted octanol–water partition coefficient (Wildman–Crippen LogP) is 2.30. The van der Waals surface area contributed by atoms with Crippen LogP contribution in [0.3, 0.4) is 0 Å². The van der Waals surface area contributed by atoms with E-state index in [1.54, 1.807) is 0 Å². The molecule has 0 spiro atoms. The largest absolute Gasteiger partial charge is 4.00 e. The van der Waals surface area contributed by atoms with E-state index in [1.807, 2.05) is 0 Å². The Kier molecular flexibility index (Phi) is 9650. The monoisotopic (exact) mass is 1420 g/mol. The van der Waals surface area contributed by atoms with E-state index in [2.05, 4.69) is 0 Å². The van der Waals surface area contributed by atoms with Crippen molar-refractivity contribution in [3.8, 4) is 0 Å². The maximum absolute atomic E-state index is 6.25. The van der Waals surface area contributed by atoms with Crippen molar-refractivity contribution < 1.29 is 128 Å². The summed E-state index contributed by atoms with van der Waals surface area (Å²) >= 11 is 0. The van der Waals surface area contributed by atoms with E-state index in [4.69, 9.17) is 284 Å². The van der Waals surface area contributed by atoms with Gasteiger partial charge < -0.3 is 284 Å². The molecule has 0 fully saturated rings. The van der Waals surface area contributed by atoms with Gasteiger partial charge in [0, 0.05) is 0 Å². The summed E-state index contributed by atoms with van der Waals surface area (Å²) in [5, 5.41) is 150. The van der Waals surface area contributed by atoms with Crippen LogP contribution in [0.25, 0.3) is 0 Å². The normalized spacial score (nSPS) is 0.873. The molecule has 55 heavy (non-hydrogen) atoms. The Labute approximate surface area is 408 Å². The Morgan fingerprint density at radius 1 is 0.0909 bits per heavy atom. The summed E-state index contributed by atoms with van der Waals surface area (Å²) in [6.45, 7) is 114. The quantitative estimate of drug-likeness (QED) is 0.248. The van der Waals surface area contributed by atoms with Gasteiger partial charge in [-0.3, -0.25) is 0 Å². The topological polar surface area (TPSA) is 571 Å². The van der Waals surface area contributed by atoms with Crippen molar-refractivity contribution in [2.24, 2.45) is 0 Å². The number of hydrogen-bond donors (Lipinski definition) is 0. The average Bonchev–Trinajstić information content (AvgIpc) is 3.34. The molecule has 0 saturated heterocycles. The van der Waals surface area contributed by atoms with Gasteiger partial charge in [-0.2, -0.15) is 0 Å². The van der Waals surface area contributed by atoms with Gasteiger partial charge in [0.05, 0.1) is 0 Å². The first kappa shape index (κ1) is 395. The standard InChI is InChI=1S/24CN.4Fe.3Os/c24*1-2;;;;;;;/q24*-1;4*+3;3*+4. The van der Waals surface area contributed by atoms with Crippen molar-refractivity contribution in [1.29, 1.82) is 126 Å². The fourth-order valence-corrected chi connectivity index (χ4v) is 0. The maximum atomic E-state index is 6.25. The van der Waals surface area contributed by atoms with Crippen LogP contribution in [0, 0.1) is 284 Å². The van der Waals surface area contributed by atoms with Crippen LogP contribution in [-0.2, 0) is 128 Å². The SMILES string of the molecule is [C-]#N.[C-]#N.[C-]#N.[C-]#N.[C-]#N.[C-]#N.[C-]#N.[C-]#N.[C-]#N.[C-]#N.[C-]#N.[C-]#N.[C-]#N.[C-]#N.[C-]#N.[C-]#N.[C-]#N.[C-]#N.[C-]#N.[C-]#N.[C-]#N.[C-]#N.[C-]#N.[C-]#N.[Fe+3].[Fe+3].[Fe+3].[Fe+3].[Os+4].[Os+4].[Os+4]. The Bertz CT molecular complexity index is 529. The molecular formula is C24Fe4N24Os3. The fourth-order valence-electron chi connectivity index (χ4n) is 0. The molecule has 0 N–H and O–H groups in total. The fraction of sp³-hybridized carbons (Fsp3) is 0. The molecule has 0 aliphatic rings. The Balaban J connectivity index is -0.00000000375. The van der Waals surface area contributed by atoms with Gasteiger partial charge in [0.1, 0.15) is 0 Å². The van der Waals surface area contributed by atoms with Crippen molar-refractivity contribution in [3.05, 3.63) is 158 Å². The van der Waals surface area contributed by atoms with Gasteiger partial charge in [-0.1, -0.05) is 0 Å². The van der Waals surface area contributed by atoms with E-state index in [0.717, 1.165) is 0 Å². The van der Waals surface area contributed by atoms with Crippen LogP contribution in [0.4, 0.5) is 0 Å². The van der Waals surface area contributed by atoms with Crippen LogP contribution in [-0.4, -0.2) is 0 Å². The van der Waals surface area contributed by atoms with E-state index in [1.165, 1.54) is 0 Å². The number of hydrogen-bond acceptors (Lipinski definition) is 24. The first-order valence-corrected chi connectivity index (χ1v) is 5.37. The predicted molar refractivity (Wildman–Crippen MR) is 119 cm³/mol. The molecule has 0 aromatic heterocycles. The van der Waals surface area contributed by atoms with Crippen LogP contribution in [0.15, 0.2) is 0 Å². The molecule has 272 valence electrons. The molecule has 0 rings (SSSR count). The van der Waals surface area contributed by atoms with Crippen LogP contribution in [0.1, 0.15) is 0 Å². The minimum Gasteiger partial charge on any atom is -0.512 e. The van der Waals surface area contributed by atoms with E-state index in [0.29, 0.717) is 0 Å². The third-order valence-corrected chi connectivity index (χ3v) is 0. The van der Waals surface area contributed by atoms with Gasteiger partial charge in [-0.05, 0) is 0 Å². The molecule has 31 heteroatoms. The van der Waals surface area contributed by atoms with Crippen LogP contribution >= 0.6 is 0 Å². The molecule has 0 aromatic carbocycles. The van der Waals surface area contributed by atoms with Gasteiger partial charge in [0.15, 0.2) is 0 Å². The molecule has 0 unspecified atom stereocenters. The van der Waals surface area contributed by atoms with E-state index < -0.39 is 0 Å². The molecule has 0 aliphatic heterocycles. The number of nitrogens with zero attached hydrogens (tertiary/aromatic N) is 24. The third-order valence-electron chi connectivity index (χ3n) is 0. The van der Waals surface area contributed by atoms with E-state index >= 15 is 0 Å². The van der Waals surface area contributed by atoms with Crippen molar-refractivity contribution in [3.63, 3.8) is 0 Å². The molecular weight excluding hydrogens is 1420 g/mol. The summed E-state index contributed by atoms with van der Waals surface area (Å²) in [4.78, 5) is 0. The summed E-state index contributed by atoms with van der Waals surface area (Å²) in [5.41, 5.74) is 0. The average molecular weight is 1420 g/mol. The molecule has 0 heterocycles. The molecule has 0 bridgehead atoms. The zero-order valence-electron chi connectivity index (χ0n) is 25.2. The summed E-state index contributed by atoms with van der Waals surface area (Å²) in [6.07, 6.45) is 0. The Morgan fingerprint density at radius 2 is 0.0909 bits per heavy atom. The van der Waals surface area contributed by atoms with Crippen molar-refractivity contribution in [2.75, 3.05) is 0 Å². The summed E-state index contributed by atoms with van der Waals surface area (Å²) < 4.78 is 0. The first-order chi connectivity index (χ1) is 24.0. The summed E-state index contributed by atoms with van der Waals surface area (Å²) in [5.74, 6) is 0. The Morgan fingerprint density at radius 3 is 0.0909 bits per heavy atom. The molecule has 0 saturated carbocycles. The minimum atomic E-state index is 0. The van der Waals surface area contributed by atoms with Crippen molar-refractivity contribution in [1.82, 2.24) is 0 Å². The second-order valence-electron chi connectivity index (χ2n) is 0. The second-order valence-corrected chi connectivity index (χ2v) is 0. The van der Waals surface area contributed by atoms with Crippen molar-refractivity contribution in [2.45, 2.75) is 0 Å². The van der Waals surface area contributed by atoms with Gasteiger partial charge in [0.25, 0.3) is 0 Å². The van der Waals surface area contributed by atoms with E-state index in [9.17, 15) is 0 Å². The molecule has 24 nitrogen and oxygen atoms in total.